The van der Waals surface area contributed by atoms with Crippen LogP contribution < -0.4 is 0 Å². The second-order valence-electron chi connectivity index (χ2n) is 10.8. The molecule has 3 heterocycles. The van der Waals surface area contributed by atoms with Crippen LogP contribution in [-0.2, 0) is 20.7 Å². The van der Waals surface area contributed by atoms with Gasteiger partial charge in [0.05, 0.1) is 16.9 Å². The molecule has 3 aromatic heterocycles. The summed E-state index contributed by atoms with van der Waals surface area (Å²) in [5, 5.41) is 24.8. The van der Waals surface area contributed by atoms with Crippen molar-refractivity contribution in [2.45, 2.75) is 65.0 Å². The predicted octanol–water partition coefficient (Wildman–Crippen LogP) is 8.08. The van der Waals surface area contributed by atoms with E-state index in [2.05, 4.69) is 50.2 Å². The van der Waals surface area contributed by atoms with Gasteiger partial charge in [0, 0.05) is 59.7 Å². The van der Waals surface area contributed by atoms with Gasteiger partial charge in [-0.2, -0.15) is 0 Å². The number of hydrogen-bond acceptors (Lipinski definition) is 7. The van der Waals surface area contributed by atoms with Crippen LogP contribution in [0.15, 0.2) is 36.4 Å². The zero-order chi connectivity index (χ0) is 27.4. The quantitative estimate of drug-likeness (QED) is 0.215. The standard InChI is InChI=1S/C32H32O4S3/c1-7-35-31(17(5)33)23-13-20-12-22-24(14-19(20)11-21(23)28-25(31)9-15(3)37-28)32(18(6)34,36-8-2)27-29(22)39-26-10-16(4)38-30(26)27/h9-14,17-18,33-34H,7-8H2,1-6H3. The van der Waals surface area contributed by atoms with Crippen molar-refractivity contribution in [3.05, 3.63) is 68.4 Å². The number of hydrogen-bond donors (Lipinski definition) is 2. The molecule has 0 radical (unpaired) electrons. The van der Waals surface area contributed by atoms with E-state index in [1.54, 1.807) is 34.0 Å². The summed E-state index contributed by atoms with van der Waals surface area (Å²) in [5.74, 6) is 0. The molecule has 2 aliphatic carbocycles. The van der Waals surface area contributed by atoms with Gasteiger partial charge in [-0.05, 0) is 99.8 Å². The maximum Gasteiger partial charge on any atom is 0.147 e. The van der Waals surface area contributed by atoms with E-state index in [0.717, 1.165) is 44.2 Å². The highest BCUT2D eigenvalue weighted by molar-refractivity contribution is 7.30. The van der Waals surface area contributed by atoms with E-state index in [4.69, 9.17) is 9.47 Å². The first-order chi connectivity index (χ1) is 18.7. The molecule has 0 aliphatic heterocycles. The number of ether oxygens (including phenoxy) is 2. The van der Waals surface area contributed by atoms with E-state index in [9.17, 15) is 10.2 Å². The van der Waals surface area contributed by atoms with Gasteiger partial charge in [-0.15, -0.1) is 34.0 Å². The van der Waals surface area contributed by atoms with E-state index >= 15 is 0 Å². The lowest BCUT2D eigenvalue weighted by Gasteiger charge is -2.35. The Hall–Kier alpha value is -2.10. The molecule has 39 heavy (non-hydrogen) atoms. The number of aliphatic hydroxyl groups is 2. The second kappa shape index (κ2) is 8.70. The number of aliphatic hydroxyl groups excluding tert-OH is 2. The highest BCUT2D eigenvalue weighted by Gasteiger charge is 2.52. The van der Waals surface area contributed by atoms with Crippen LogP contribution in [0.3, 0.4) is 0 Å². The van der Waals surface area contributed by atoms with Crippen molar-refractivity contribution in [1.82, 2.24) is 0 Å². The van der Waals surface area contributed by atoms with E-state index in [0.29, 0.717) is 13.2 Å². The molecular weight excluding hydrogens is 545 g/mol. The van der Waals surface area contributed by atoms with Crippen LogP contribution in [0.4, 0.5) is 0 Å². The molecule has 2 aromatic carbocycles. The Labute approximate surface area is 240 Å². The predicted molar refractivity (Wildman–Crippen MR) is 164 cm³/mol. The lowest BCUT2D eigenvalue weighted by atomic mass is 9.83. The van der Waals surface area contributed by atoms with Gasteiger partial charge in [-0.25, -0.2) is 0 Å². The fraction of sp³-hybridized carbons (Fsp3) is 0.375. The molecule has 202 valence electrons. The van der Waals surface area contributed by atoms with Crippen molar-refractivity contribution in [3.63, 3.8) is 0 Å². The molecule has 0 saturated carbocycles. The molecule has 2 aliphatic rings. The van der Waals surface area contributed by atoms with Gasteiger partial charge < -0.3 is 19.7 Å². The number of aryl methyl sites for hydroxylation is 2. The zero-order valence-electron chi connectivity index (χ0n) is 23.0. The highest BCUT2D eigenvalue weighted by atomic mass is 32.1. The minimum absolute atomic E-state index is 0.497. The first-order valence-corrected chi connectivity index (χ1v) is 16.0. The number of benzene rings is 2. The lowest BCUT2D eigenvalue weighted by molar-refractivity contribution is -0.0882. The smallest absolute Gasteiger partial charge is 0.147 e. The fourth-order valence-electron chi connectivity index (χ4n) is 7.03. The van der Waals surface area contributed by atoms with E-state index in [1.165, 1.54) is 28.9 Å². The maximum atomic E-state index is 11.4. The largest absolute Gasteiger partial charge is 0.390 e. The van der Waals surface area contributed by atoms with Crippen LogP contribution in [0, 0.1) is 13.8 Å². The Morgan fingerprint density at radius 2 is 1.26 bits per heavy atom. The Morgan fingerprint density at radius 1 is 0.692 bits per heavy atom. The molecule has 4 nitrogen and oxygen atoms in total. The van der Waals surface area contributed by atoms with Gasteiger partial charge in [0.1, 0.15) is 11.2 Å². The maximum absolute atomic E-state index is 11.4. The van der Waals surface area contributed by atoms with Crippen LogP contribution in [-0.4, -0.2) is 35.6 Å². The molecule has 0 bridgehead atoms. The molecule has 0 fully saturated rings. The minimum Gasteiger partial charge on any atom is -0.390 e. The lowest BCUT2D eigenvalue weighted by Crippen LogP contribution is -2.40. The average Bonchev–Trinajstić information content (AvgIpc) is 3.63. The number of thiophene rings is 3. The van der Waals surface area contributed by atoms with Gasteiger partial charge in [-0.3, -0.25) is 0 Å². The van der Waals surface area contributed by atoms with Crippen LogP contribution in [0.2, 0.25) is 0 Å². The molecule has 0 spiro atoms. The number of rotatable bonds is 6. The summed E-state index contributed by atoms with van der Waals surface area (Å²) in [7, 11) is 0. The highest BCUT2D eigenvalue weighted by Crippen LogP contribution is 2.61. The van der Waals surface area contributed by atoms with Gasteiger partial charge in [0.15, 0.2) is 0 Å². The summed E-state index contributed by atoms with van der Waals surface area (Å²) >= 11 is 5.33. The second-order valence-corrected chi connectivity index (χ2v) is 14.4. The van der Waals surface area contributed by atoms with Gasteiger partial charge in [0.2, 0.25) is 0 Å². The fourth-order valence-corrected chi connectivity index (χ4v) is 10.8. The summed E-state index contributed by atoms with van der Waals surface area (Å²) in [5.41, 5.74) is 4.67. The molecule has 4 atom stereocenters. The van der Waals surface area contributed by atoms with Crippen LogP contribution in [0.1, 0.15) is 59.7 Å². The molecule has 2 N–H and O–H groups in total. The van der Waals surface area contributed by atoms with Gasteiger partial charge >= 0.3 is 0 Å². The Kier molecular flexibility index (Phi) is 5.76. The first kappa shape index (κ1) is 25.8. The Balaban J connectivity index is 1.55. The molecule has 7 heteroatoms. The van der Waals surface area contributed by atoms with Crippen molar-refractivity contribution >= 4 is 54.2 Å². The molecular formula is C32H32O4S3. The SMILES string of the molecule is CCOC1(C(C)O)c2cc3cc4c(cc3cc2-c2sc(C)cc21)C(OCC)(C(C)O)c1c-4sc2cc(C)sc12. The summed E-state index contributed by atoms with van der Waals surface area (Å²) in [4.78, 5) is 4.82. The third-order valence-corrected chi connectivity index (χ3v) is 11.9. The minimum atomic E-state index is -0.915. The molecule has 5 aromatic rings. The van der Waals surface area contributed by atoms with Crippen molar-refractivity contribution in [2.75, 3.05) is 13.2 Å². The third kappa shape index (κ3) is 3.18. The molecule has 0 amide bonds. The molecule has 7 rings (SSSR count). The van der Waals surface area contributed by atoms with Crippen molar-refractivity contribution in [1.29, 1.82) is 0 Å². The van der Waals surface area contributed by atoms with Gasteiger partial charge in [0.25, 0.3) is 0 Å². The van der Waals surface area contributed by atoms with Crippen molar-refractivity contribution < 1.29 is 19.7 Å². The number of fused-ring (bicyclic) bond motifs is 9. The molecule has 4 unspecified atom stereocenters. The van der Waals surface area contributed by atoms with Gasteiger partial charge in [-0.1, -0.05) is 0 Å². The summed E-state index contributed by atoms with van der Waals surface area (Å²) in [6, 6.07) is 13.4. The molecule has 0 saturated heterocycles. The van der Waals surface area contributed by atoms with Crippen LogP contribution >= 0.6 is 34.0 Å². The van der Waals surface area contributed by atoms with Crippen LogP contribution in [0.5, 0.6) is 0 Å². The topological polar surface area (TPSA) is 58.9 Å². The Bertz CT molecular complexity index is 1790. The van der Waals surface area contributed by atoms with Crippen LogP contribution in [0.25, 0.3) is 41.1 Å². The van der Waals surface area contributed by atoms with Crippen molar-refractivity contribution in [2.24, 2.45) is 0 Å². The zero-order valence-corrected chi connectivity index (χ0v) is 25.4. The normalized spacial score (nSPS) is 22.8. The first-order valence-electron chi connectivity index (χ1n) is 13.6. The summed E-state index contributed by atoms with van der Waals surface area (Å²) in [6.07, 6.45) is -1.44. The monoisotopic (exact) mass is 576 g/mol. The third-order valence-electron chi connectivity index (χ3n) is 8.44. The van der Waals surface area contributed by atoms with E-state index in [1.807, 2.05) is 27.7 Å². The Morgan fingerprint density at radius 3 is 1.87 bits per heavy atom. The van der Waals surface area contributed by atoms with E-state index < -0.39 is 23.4 Å². The van der Waals surface area contributed by atoms with Crippen molar-refractivity contribution in [3.8, 4) is 20.9 Å². The summed E-state index contributed by atoms with van der Waals surface area (Å²) < 4.78 is 15.5. The average molecular weight is 577 g/mol. The van der Waals surface area contributed by atoms with E-state index in [-0.39, 0.29) is 0 Å². The summed E-state index contributed by atoms with van der Waals surface area (Å²) in [6.45, 7) is 12.9.